The van der Waals surface area contributed by atoms with Crippen LogP contribution in [-0.2, 0) is 11.2 Å². The first-order valence-corrected chi connectivity index (χ1v) is 15.5. The first kappa shape index (κ1) is 29.1. The molecule has 8 nitrogen and oxygen atoms in total. The number of carbonyl (C=O) groups excluding carboxylic acids is 1. The summed E-state index contributed by atoms with van der Waals surface area (Å²) in [6, 6.07) is 18.9. The topological polar surface area (TPSA) is 85.5 Å². The van der Waals surface area contributed by atoms with Gasteiger partial charge in [-0.1, -0.05) is 18.2 Å². The SMILES string of the molecule is CCN(CCN1CCCC1)c1ccc(C(=O)Nc2n[nH]c3ccc(Cc4cccc(F)c4)cc23)c(NC2CCOCC2)c1. The maximum Gasteiger partial charge on any atom is 0.258 e. The van der Waals surface area contributed by atoms with Crippen LogP contribution in [0.5, 0.6) is 0 Å². The van der Waals surface area contributed by atoms with E-state index in [4.69, 9.17) is 4.74 Å². The summed E-state index contributed by atoms with van der Waals surface area (Å²) >= 11 is 0. The summed E-state index contributed by atoms with van der Waals surface area (Å²) in [5.41, 5.74) is 5.24. The number of benzene rings is 3. The van der Waals surface area contributed by atoms with Crippen molar-refractivity contribution in [3.05, 3.63) is 83.2 Å². The molecule has 0 saturated carbocycles. The number of hydrogen-bond donors (Lipinski definition) is 3. The molecule has 9 heteroatoms. The molecule has 3 heterocycles. The highest BCUT2D eigenvalue weighted by molar-refractivity contribution is 6.11. The lowest BCUT2D eigenvalue weighted by Crippen LogP contribution is -2.34. The van der Waals surface area contributed by atoms with E-state index in [1.165, 1.54) is 32.0 Å². The highest BCUT2D eigenvalue weighted by atomic mass is 19.1. The molecule has 2 saturated heterocycles. The Morgan fingerprint density at radius 1 is 1.07 bits per heavy atom. The number of likely N-dealkylation sites (tertiary alicyclic amines) is 1. The smallest absolute Gasteiger partial charge is 0.258 e. The van der Waals surface area contributed by atoms with Crippen LogP contribution in [0.25, 0.3) is 10.9 Å². The number of carbonyl (C=O) groups is 1. The molecule has 6 rings (SSSR count). The van der Waals surface area contributed by atoms with E-state index in [2.05, 4.69) is 49.7 Å². The molecular formula is C34H41FN6O2. The van der Waals surface area contributed by atoms with Crippen LogP contribution in [0.2, 0.25) is 0 Å². The first-order valence-electron chi connectivity index (χ1n) is 15.5. The van der Waals surface area contributed by atoms with E-state index in [1.54, 1.807) is 12.1 Å². The minimum absolute atomic E-state index is 0.217. The first-order chi connectivity index (χ1) is 21.1. The number of H-pyrrole nitrogens is 1. The van der Waals surface area contributed by atoms with Gasteiger partial charge in [-0.15, -0.1) is 0 Å². The number of likely N-dealkylation sites (N-methyl/N-ethyl adjacent to an activating group) is 1. The maximum absolute atomic E-state index is 13.8. The molecule has 1 amide bonds. The summed E-state index contributed by atoms with van der Waals surface area (Å²) in [4.78, 5) is 18.7. The van der Waals surface area contributed by atoms with Crippen molar-refractivity contribution in [2.45, 2.75) is 45.1 Å². The lowest BCUT2D eigenvalue weighted by atomic mass is 10.0. The Hall–Kier alpha value is -3.95. The molecule has 0 atom stereocenters. The zero-order chi connectivity index (χ0) is 29.6. The summed E-state index contributed by atoms with van der Waals surface area (Å²) in [5, 5.41) is 15.0. The number of hydrogen-bond acceptors (Lipinski definition) is 6. The third-order valence-corrected chi connectivity index (χ3v) is 8.62. The van der Waals surface area contributed by atoms with Gasteiger partial charge in [0.05, 0.1) is 11.1 Å². The van der Waals surface area contributed by atoms with Gasteiger partial charge in [-0.2, -0.15) is 5.10 Å². The van der Waals surface area contributed by atoms with Gasteiger partial charge in [-0.05, 0) is 106 Å². The quantitative estimate of drug-likeness (QED) is 0.199. The van der Waals surface area contributed by atoms with Gasteiger partial charge in [0.15, 0.2) is 5.82 Å². The number of ether oxygens (including phenoxy) is 1. The van der Waals surface area contributed by atoms with E-state index >= 15 is 0 Å². The highest BCUT2D eigenvalue weighted by Gasteiger charge is 2.21. The summed E-state index contributed by atoms with van der Waals surface area (Å²) in [7, 11) is 0. The van der Waals surface area contributed by atoms with Crippen LogP contribution >= 0.6 is 0 Å². The lowest BCUT2D eigenvalue weighted by molar-refractivity contribution is 0.0904. The normalized spacial score (nSPS) is 16.0. The lowest BCUT2D eigenvalue weighted by Gasteiger charge is -2.29. The Morgan fingerprint density at radius 3 is 2.67 bits per heavy atom. The van der Waals surface area contributed by atoms with Crippen LogP contribution < -0.4 is 15.5 Å². The molecule has 3 N–H and O–H groups in total. The van der Waals surface area contributed by atoms with E-state index in [0.29, 0.717) is 31.0 Å². The number of rotatable bonds is 11. The average molecular weight is 585 g/mol. The summed E-state index contributed by atoms with van der Waals surface area (Å²) in [6.07, 6.45) is 4.95. The predicted molar refractivity (Wildman–Crippen MR) is 171 cm³/mol. The van der Waals surface area contributed by atoms with Gasteiger partial charge in [0.25, 0.3) is 5.91 Å². The molecule has 43 heavy (non-hydrogen) atoms. The third-order valence-electron chi connectivity index (χ3n) is 8.62. The zero-order valence-corrected chi connectivity index (χ0v) is 24.9. The average Bonchev–Trinajstić information content (AvgIpc) is 3.68. The van der Waals surface area contributed by atoms with Crippen LogP contribution in [0.4, 0.5) is 21.6 Å². The zero-order valence-electron chi connectivity index (χ0n) is 24.9. The molecule has 1 aromatic heterocycles. The van der Waals surface area contributed by atoms with Crippen LogP contribution in [0.3, 0.4) is 0 Å². The molecule has 2 fully saturated rings. The summed E-state index contributed by atoms with van der Waals surface area (Å²) in [5.74, 6) is 0.00724. The minimum Gasteiger partial charge on any atom is -0.381 e. The standard InChI is InChI=1S/C34H41FN6O2/c1-2-41(17-16-40-14-3-4-15-40)28-9-10-29(32(23-28)36-27-12-18-43-19-13-27)34(42)37-33-30-22-25(8-11-31(30)38-39-33)20-24-6-5-7-26(35)21-24/h5-11,21-23,27,36H,2-4,12-20H2,1H3,(H2,37,38,39,42). The third kappa shape index (κ3) is 7.17. The van der Waals surface area contributed by atoms with Crippen LogP contribution in [0.15, 0.2) is 60.7 Å². The largest absolute Gasteiger partial charge is 0.381 e. The van der Waals surface area contributed by atoms with E-state index in [1.807, 2.05) is 30.3 Å². The van der Waals surface area contributed by atoms with Gasteiger partial charge in [-0.25, -0.2) is 4.39 Å². The Labute approximate surface area is 252 Å². The number of fused-ring (bicyclic) bond motifs is 1. The van der Waals surface area contributed by atoms with Crippen LogP contribution in [0.1, 0.15) is 54.1 Å². The number of aromatic nitrogens is 2. The van der Waals surface area contributed by atoms with Crippen molar-refractivity contribution in [3.63, 3.8) is 0 Å². The number of nitrogens with zero attached hydrogens (tertiary/aromatic N) is 3. The summed E-state index contributed by atoms with van der Waals surface area (Å²) < 4.78 is 19.3. The number of halogens is 1. The molecule has 3 aromatic carbocycles. The molecule has 2 aliphatic heterocycles. The van der Waals surface area contributed by atoms with Crippen molar-refractivity contribution in [1.29, 1.82) is 0 Å². The Balaban J connectivity index is 1.23. The van der Waals surface area contributed by atoms with Crippen molar-refractivity contribution >= 4 is 34.0 Å². The van der Waals surface area contributed by atoms with Gasteiger partial charge >= 0.3 is 0 Å². The summed E-state index contributed by atoms with van der Waals surface area (Å²) in [6.45, 7) is 8.87. The molecule has 2 aliphatic rings. The molecular weight excluding hydrogens is 543 g/mol. The van der Waals surface area contributed by atoms with Gasteiger partial charge in [0.2, 0.25) is 0 Å². The monoisotopic (exact) mass is 584 g/mol. The van der Waals surface area contributed by atoms with E-state index in [-0.39, 0.29) is 17.8 Å². The second kappa shape index (κ2) is 13.6. The van der Waals surface area contributed by atoms with Crippen molar-refractivity contribution < 1.29 is 13.9 Å². The van der Waals surface area contributed by atoms with Crippen molar-refractivity contribution in [2.24, 2.45) is 0 Å². The highest BCUT2D eigenvalue weighted by Crippen LogP contribution is 2.29. The number of aromatic amines is 1. The Morgan fingerprint density at radius 2 is 1.88 bits per heavy atom. The van der Waals surface area contributed by atoms with Crippen molar-refractivity contribution in [2.75, 3.05) is 61.5 Å². The fourth-order valence-corrected chi connectivity index (χ4v) is 6.17. The molecule has 0 unspecified atom stereocenters. The Kier molecular flexibility index (Phi) is 9.19. The number of amides is 1. The fraction of sp³-hybridized carbons (Fsp3) is 0.412. The molecule has 0 bridgehead atoms. The number of nitrogens with one attached hydrogen (secondary N) is 3. The van der Waals surface area contributed by atoms with E-state index in [0.717, 1.165) is 65.9 Å². The van der Waals surface area contributed by atoms with Gasteiger partial charge in [0, 0.05) is 55.7 Å². The number of anilines is 3. The molecule has 0 aliphatic carbocycles. The van der Waals surface area contributed by atoms with Gasteiger partial charge in [0.1, 0.15) is 5.82 Å². The van der Waals surface area contributed by atoms with Crippen LogP contribution in [-0.4, -0.2) is 73.0 Å². The molecule has 0 radical (unpaired) electrons. The van der Waals surface area contributed by atoms with Crippen molar-refractivity contribution in [3.8, 4) is 0 Å². The predicted octanol–water partition coefficient (Wildman–Crippen LogP) is 6.06. The van der Waals surface area contributed by atoms with Crippen LogP contribution in [0, 0.1) is 5.82 Å². The van der Waals surface area contributed by atoms with Gasteiger partial charge in [-0.3, -0.25) is 9.89 Å². The minimum atomic E-state index is -0.250. The second-order valence-electron chi connectivity index (χ2n) is 11.6. The maximum atomic E-state index is 13.8. The van der Waals surface area contributed by atoms with Gasteiger partial charge < -0.3 is 25.2 Å². The fourth-order valence-electron chi connectivity index (χ4n) is 6.17. The molecule has 4 aromatic rings. The molecule has 0 spiro atoms. The van der Waals surface area contributed by atoms with E-state index < -0.39 is 0 Å². The Bertz CT molecular complexity index is 1540. The second-order valence-corrected chi connectivity index (χ2v) is 11.6. The molecule has 226 valence electrons. The van der Waals surface area contributed by atoms with E-state index in [9.17, 15) is 9.18 Å². The van der Waals surface area contributed by atoms with Crippen molar-refractivity contribution in [1.82, 2.24) is 15.1 Å².